The number of allylic oxidation sites excluding steroid dienone is 1. The Labute approximate surface area is 107 Å². The summed E-state index contributed by atoms with van der Waals surface area (Å²) in [5.41, 5.74) is 2.62. The molecule has 1 heterocycles. The molecule has 0 spiro atoms. The Bertz CT molecular complexity index is 384. The predicted molar refractivity (Wildman–Crippen MR) is 72.2 cm³/mol. The lowest BCUT2D eigenvalue weighted by molar-refractivity contribution is 0.550. The molecule has 17 heavy (non-hydrogen) atoms. The molecular formula is C13H21N3S. The van der Waals surface area contributed by atoms with Crippen LogP contribution in [0.5, 0.6) is 0 Å². The van der Waals surface area contributed by atoms with E-state index < -0.39 is 0 Å². The zero-order valence-electron chi connectivity index (χ0n) is 10.7. The quantitative estimate of drug-likeness (QED) is 0.815. The van der Waals surface area contributed by atoms with Crippen molar-refractivity contribution in [3.05, 3.63) is 22.2 Å². The zero-order valence-corrected chi connectivity index (χ0v) is 11.5. The molecule has 3 nitrogen and oxygen atoms in total. The highest BCUT2D eigenvalue weighted by molar-refractivity contribution is 7.05. The highest BCUT2D eigenvalue weighted by Gasteiger charge is 2.21. The maximum atomic E-state index is 4.14. The van der Waals surface area contributed by atoms with Crippen LogP contribution in [0, 0.1) is 6.92 Å². The molecule has 0 bridgehead atoms. The van der Waals surface area contributed by atoms with E-state index in [9.17, 15) is 0 Å². The molecule has 1 aliphatic rings. The van der Waals surface area contributed by atoms with Crippen LogP contribution in [0.4, 0.5) is 0 Å². The van der Waals surface area contributed by atoms with Crippen LogP contribution in [0.15, 0.2) is 11.6 Å². The zero-order chi connectivity index (χ0) is 12.1. The SMILES string of the molecule is CCCNC(C1=CCCCC1)c1snnc1C. The molecule has 1 aromatic heterocycles. The van der Waals surface area contributed by atoms with Gasteiger partial charge in [-0.15, -0.1) is 5.10 Å². The Morgan fingerprint density at radius 2 is 2.35 bits per heavy atom. The summed E-state index contributed by atoms with van der Waals surface area (Å²) in [7, 11) is 0. The van der Waals surface area contributed by atoms with Crippen molar-refractivity contribution in [2.75, 3.05) is 6.54 Å². The van der Waals surface area contributed by atoms with Crippen LogP contribution in [0.2, 0.25) is 0 Å². The largest absolute Gasteiger partial charge is 0.306 e. The summed E-state index contributed by atoms with van der Waals surface area (Å²) in [4.78, 5) is 1.30. The highest BCUT2D eigenvalue weighted by Crippen LogP contribution is 2.32. The van der Waals surface area contributed by atoms with Gasteiger partial charge in [0, 0.05) is 0 Å². The first kappa shape index (κ1) is 12.7. The molecule has 2 rings (SSSR count). The van der Waals surface area contributed by atoms with Crippen molar-refractivity contribution in [3.8, 4) is 0 Å². The summed E-state index contributed by atoms with van der Waals surface area (Å²) in [5.74, 6) is 0. The van der Waals surface area contributed by atoms with Crippen LogP contribution in [-0.4, -0.2) is 16.1 Å². The second-order valence-electron chi connectivity index (χ2n) is 4.63. The van der Waals surface area contributed by atoms with E-state index in [4.69, 9.17) is 0 Å². The van der Waals surface area contributed by atoms with E-state index in [0.717, 1.165) is 18.7 Å². The summed E-state index contributed by atoms with van der Waals surface area (Å²) < 4.78 is 4.07. The fourth-order valence-corrected chi connectivity index (χ4v) is 3.07. The molecule has 0 saturated carbocycles. The van der Waals surface area contributed by atoms with Crippen molar-refractivity contribution >= 4 is 11.5 Å². The van der Waals surface area contributed by atoms with Gasteiger partial charge >= 0.3 is 0 Å². The van der Waals surface area contributed by atoms with Crippen molar-refractivity contribution in [3.63, 3.8) is 0 Å². The molecule has 1 atom stereocenters. The lowest BCUT2D eigenvalue weighted by atomic mass is 9.92. The molecule has 0 saturated heterocycles. The van der Waals surface area contributed by atoms with Crippen molar-refractivity contribution in [2.45, 2.75) is 52.0 Å². The van der Waals surface area contributed by atoms with Crippen LogP contribution in [-0.2, 0) is 0 Å². The second-order valence-corrected chi connectivity index (χ2v) is 5.42. The van der Waals surface area contributed by atoms with Gasteiger partial charge in [0.25, 0.3) is 0 Å². The van der Waals surface area contributed by atoms with Gasteiger partial charge in [0.05, 0.1) is 16.6 Å². The fraction of sp³-hybridized carbons (Fsp3) is 0.692. The molecule has 0 fully saturated rings. The molecule has 94 valence electrons. The minimum Gasteiger partial charge on any atom is -0.306 e. The third-order valence-corrected chi connectivity index (χ3v) is 4.14. The Morgan fingerprint density at radius 3 is 2.94 bits per heavy atom. The van der Waals surface area contributed by atoms with E-state index in [1.54, 1.807) is 5.57 Å². The summed E-state index contributed by atoms with van der Waals surface area (Å²) in [6.07, 6.45) is 8.68. The maximum Gasteiger partial charge on any atom is 0.0776 e. The van der Waals surface area contributed by atoms with Crippen molar-refractivity contribution in [2.24, 2.45) is 0 Å². The van der Waals surface area contributed by atoms with E-state index in [1.165, 1.54) is 42.1 Å². The minimum absolute atomic E-state index is 0.357. The Hall–Kier alpha value is -0.740. The molecule has 1 unspecified atom stereocenters. The molecule has 0 radical (unpaired) electrons. The number of aromatic nitrogens is 2. The standard InChI is InChI=1S/C13H21N3S/c1-3-9-14-12(11-7-5-4-6-8-11)13-10(2)15-16-17-13/h7,12,14H,3-6,8-9H2,1-2H3. The lowest BCUT2D eigenvalue weighted by Crippen LogP contribution is -2.24. The summed E-state index contributed by atoms with van der Waals surface area (Å²) in [6.45, 7) is 5.32. The van der Waals surface area contributed by atoms with Crippen molar-refractivity contribution < 1.29 is 0 Å². The average Bonchev–Trinajstić information content (AvgIpc) is 2.78. The monoisotopic (exact) mass is 251 g/mol. The van der Waals surface area contributed by atoms with E-state index in [0.29, 0.717) is 6.04 Å². The molecule has 1 N–H and O–H groups in total. The molecular weight excluding hydrogens is 230 g/mol. The number of aryl methyl sites for hydroxylation is 1. The second kappa shape index (κ2) is 6.26. The smallest absolute Gasteiger partial charge is 0.0776 e. The van der Waals surface area contributed by atoms with Gasteiger partial charge in [-0.2, -0.15) is 0 Å². The first-order valence-electron chi connectivity index (χ1n) is 6.54. The number of nitrogens with zero attached hydrogens (tertiary/aromatic N) is 2. The molecule has 1 aromatic rings. The van der Waals surface area contributed by atoms with Gasteiger partial charge in [0.2, 0.25) is 0 Å². The predicted octanol–water partition coefficient (Wildman–Crippen LogP) is 3.39. The van der Waals surface area contributed by atoms with Crippen molar-refractivity contribution in [1.29, 1.82) is 0 Å². The van der Waals surface area contributed by atoms with Crippen LogP contribution >= 0.6 is 11.5 Å². The number of hydrogen-bond acceptors (Lipinski definition) is 4. The molecule has 4 heteroatoms. The fourth-order valence-electron chi connectivity index (χ4n) is 2.31. The average molecular weight is 251 g/mol. The lowest BCUT2D eigenvalue weighted by Gasteiger charge is -2.23. The molecule has 0 aliphatic heterocycles. The van der Waals surface area contributed by atoms with E-state index in [-0.39, 0.29) is 0 Å². The molecule has 0 aromatic carbocycles. The number of hydrogen-bond donors (Lipinski definition) is 1. The molecule has 1 aliphatic carbocycles. The van der Waals surface area contributed by atoms with E-state index in [2.05, 4.69) is 34.8 Å². The van der Waals surface area contributed by atoms with Gasteiger partial charge in [0.1, 0.15) is 0 Å². The Kier molecular flexibility index (Phi) is 4.68. The third-order valence-electron chi connectivity index (χ3n) is 3.24. The first-order chi connectivity index (χ1) is 8.33. The van der Waals surface area contributed by atoms with Gasteiger partial charge in [-0.05, 0) is 57.1 Å². The van der Waals surface area contributed by atoms with Crippen molar-refractivity contribution in [1.82, 2.24) is 14.9 Å². The van der Waals surface area contributed by atoms with Gasteiger partial charge < -0.3 is 5.32 Å². The van der Waals surface area contributed by atoms with Gasteiger partial charge in [-0.25, -0.2) is 0 Å². The summed E-state index contributed by atoms with van der Waals surface area (Å²) in [6, 6.07) is 0.357. The van der Waals surface area contributed by atoms with Gasteiger partial charge in [-0.3, -0.25) is 0 Å². The highest BCUT2D eigenvalue weighted by atomic mass is 32.1. The minimum atomic E-state index is 0.357. The van der Waals surface area contributed by atoms with E-state index in [1.807, 2.05) is 0 Å². The van der Waals surface area contributed by atoms with Crippen LogP contribution < -0.4 is 5.32 Å². The van der Waals surface area contributed by atoms with Gasteiger partial charge in [0.15, 0.2) is 0 Å². The maximum absolute atomic E-state index is 4.14. The Balaban J connectivity index is 2.18. The topological polar surface area (TPSA) is 37.8 Å². The van der Waals surface area contributed by atoms with Crippen LogP contribution in [0.1, 0.15) is 55.6 Å². The molecule has 0 amide bonds. The Morgan fingerprint density at radius 1 is 1.47 bits per heavy atom. The summed E-state index contributed by atoms with van der Waals surface area (Å²) in [5, 5.41) is 7.79. The number of rotatable bonds is 5. The number of nitrogens with one attached hydrogen (secondary N) is 1. The summed E-state index contributed by atoms with van der Waals surface area (Å²) >= 11 is 1.54. The van der Waals surface area contributed by atoms with E-state index >= 15 is 0 Å². The normalized spacial score (nSPS) is 17.9. The van der Waals surface area contributed by atoms with Crippen LogP contribution in [0.25, 0.3) is 0 Å². The first-order valence-corrected chi connectivity index (χ1v) is 7.31. The van der Waals surface area contributed by atoms with Crippen LogP contribution in [0.3, 0.4) is 0 Å². The third kappa shape index (κ3) is 3.13. The van der Waals surface area contributed by atoms with Gasteiger partial charge in [-0.1, -0.05) is 23.1 Å².